The summed E-state index contributed by atoms with van der Waals surface area (Å²) < 4.78 is 5.24. The molecule has 2 rings (SSSR count). The maximum Gasteiger partial charge on any atom is 0.221 e. The Morgan fingerprint density at radius 2 is 2.27 bits per heavy atom. The van der Waals surface area contributed by atoms with Crippen molar-refractivity contribution in [1.29, 1.82) is 0 Å². The summed E-state index contributed by atoms with van der Waals surface area (Å²) >= 11 is 0. The number of carbonyl (C=O) groups excluding carboxylic acids is 1. The van der Waals surface area contributed by atoms with Gasteiger partial charge in [0.25, 0.3) is 0 Å². The highest BCUT2D eigenvalue weighted by Gasteiger charge is 2.23. The first kappa shape index (κ1) is 20.0. The highest BCUT2D eigenvalue weighted by Crippen LogP contribution is 2.16. The number of nitrogens with two attached hydrogens (primary N) is 1. The molecule has 26 heavy (non-hydrogen) atoms. The Hall–Kier alpha value is -2.28. The number of carbonyl (C=O) groups is 1. The van der Waals surface area contributed by atoms with Gasteiger partial charge in [-0.25, -0.2) is 0 Å². The standard InChI is InChI=1S/C19H31N5O2/c1-21-19(23-13-15-6-3-8-17(12-15)26-2)22-9-5-11-24-10-4-7-16(14-24)18(20)25/h3,6,8,12,16H,4-5,7,9-11,13-14H2,1-2H3,(H2,20,25)(H2,21,22,23). The third-order valence-electron chi connectivity index (χ3n) is 4.67. The monoisotopic (exact) mass is 361 g/mol. The lowest BCUT2D eigenvalue weighted by molar-refractivity contribution is -0.123. The predicted molar refractivity (Wildman–Crippen MR) is 104 cm³/mol. The Kier molecular flexibility index (Phi) is 8.21. The van der Waals surface area contributed by atoms with Crippen LogP contribution in [0.3, 0.4) is 0 Å². The molecule has 1 heterocycles. The number of hydrogen-bond acceptors (Lipinski definition) is 4. The Morgan fingerprint density at radius 1 is 1.42 bits per heavy atom. The average Bonchev–Trinajstić information content (AvgIpc) is 2.67. The zero-order valence-electron chi connectivity index (χ0n) is 15.8. The first-order valence-corrected chi connectivity index (χ1v) is 9.21. The molecule has 1 aromatic rings. The Morgan fingerprint density at radius 3 is 3.00 bits per heavy atom. The number of guanidine groups is 1. The Balaban J connectivity index is 1.66. The van der Waals surface area contributed by atoms with E-state index in [0.29, 0.717) is 6.54 Å². The van der Waals surface area contributed by atoms with Crippen LogP contribution in [0.25, 0.3) is 0 Å². The van der Waals surface area contributed by atoms with Crippen LogP contribution >= 0.6 is 0 Å². The second kappa shape index (κ2) is 10.7. The predicted octanol–water partition coefficient (Wildman–Crippen LogP) is 0.948. The average molecular weight is 361 g/mol. The van der Waals surface area contributed by atoms with E-state index in [0.717, 1.165) is 62.7 Å². The van der Waals surface area contributed by atoms with E-state index >= 15 is 0 Å². The normalized spacial score (nSPS) is 18.4. The van der Waals surface area contributed by atoms with Gasteiger partial charge < -0.3 is 26.0 Å². The number of nitrogens with zero attached hydrogens (tertiary/aromatic N) is 2. The first-order chi connectivity index (χ1) is 12.6. The third kappa shape index (κ3) is 6.55. The van der Waals surface area contributed by atoms with Gasteiger partial charge in [-0.05, 0) is 50.0 Å². The first-order valence-electron chi connectivity index (χ1n) is 9.21. The number of likely N-dealkylation sites (tertiary alicyclic amines) is 1. The van der Waals surface area contributed by atoms with Gasteiger partial charge in [0.2, 0.25) is 5.91 Å². The van der Waals surface area contributed by atoms with Gasteiger partial charge in [-0.3, -0.25) is 9.79 Å². The van der Waals surface area contributed by atoms with E-state index in [1.807, 2.05) is 24.3 Å². The van der Waals surface area contributed by atoms with Crippen LogP contribution in [0.2, 0.25) is 0 Å². The summed E-state index contributed by atoms with van der Waals surface area (Å²) in [5, 5.41) is 6.64. The number of methoxy groups -OCH3 is 1. The summed E-state index contributed by atoms with van der Waals surface area (Å²) in [7, 11) is 3.43. The maximum atomic E-state index is 11.3. The SMILES string of the molecule is CN=C(NCCCN1CCCC(C(N)=O)C1)NCc1cccc(OC)c1. The van der Waals surface area contributed by atoms with Gasteiger partial charge in [0, 0.05) is 26.7 Å². The molecular weight excluding hydrogens is 330 g/mol. The van der Waals surface area contributed by atoms with E-state index in [4.69, 9.17) is 10.5 Å². The van der Waals surface area contributed by atoms with Crippen molar-refractivity contribution < 1.29 is 9.53 Å². The van der Waals surface area contributed by atoms with Crippen molar-refractivity contribution in [2.24, 2.45) is 16.6 Å². The van der Waals surface area contributed by atoms with Crippen molar-refractivity contribution in [3.8, 4) is 5.75 Å². The minimum Gasteiger partial charge on any atom is -0.497 e. The molecule has 7 nitrogen and oxygen atoms in total. The summed E-state index contributed by atoms with van der Waals surface area (Å²) in [6.07, 6.45) is 2.96. The fourth-order valence-corrected chi connectivity index (χ4v) is 3.19. The highest BCUT2D eigenvalue weighted by atomic mass is 16.5. The van der Waals surface area contributed by atoms with Crippen molar-refractivity contribution in [1.82, 2.24) is 15.5 Å². The molecule has 0 bridgehead atoms. The van der Waals surface area contributed by atoms with Crippen LogP contribution in [0.4, 0.5) is 0 Å². The highest BCUT2D eigenvalue weighted by molar-refractivity contribution is 5.79. The van der Waals surface area contributed by atoms with Crippen LogP contribution in [-0.4, -0.2) is 57.1 Å². The van der Waals surface area contributed by atoms with Gasteiger partial charge in [-0.2, -0.15) is 0 Å². The summed E-state index contributed by atoms with van der Waals surface area (Å²) in [6, 6.07) is 7.96. The van der Waals surface area contributed by atoms with Gasteiger partial charge >= 0.3 is 0 Å². The molecule has 1 aromatic carbocycles. The molecule has 0 aliphatic carbocycles. The number of hydrogen-bond donors (Lipinski definition) is 3. The number of ether oxygens (including phenoxy) is 1. The Bertz CT molecular complexity index is 605. The largest absolute Gasteiger partial charge is 0.497 e. The number of nitrogens with one attached hydrogen (secondary N) is 2. The lowest BCUT2D eigenvalue weighted by atomic mass is 9.97. The maximum absolute atomic E-state index is 11.3. The van der Waals surface area contributed by atoms with E-state index < -0.39 is 0 Å². The number of piperidine rings is 1. The van der Waals surface area contributed by atoms with Crippen LogP contribution in [0.1, 0.15) is 24.8 Å². The van der Waals surface area contributed by atoms with Crippen molar-refractivity contribution in [2.45, 2.75) is 25.8 Å². The smallest absolute Gasteiger partial charge is 0.221 e. The zero-order valence-corrected chi connectivity index (χ0v) is 15.8. The van der Waals surface area contributed by atoms with Gasteiger partial charge in [0.05, 0.1) is 13.0 Å². The lowest BCUT2D eigenvalue weighted by Gasteiger charge is -2.31. The van der Waals surface area contributed by atoms with Crippen LogP contribution in [0.5, 0.6) is 5.75 Å². The van der Waals surface area contributed by atoms with E-state index in [-0.39, 0.29) is 11.8 Å². The quantitative estimate of drug-likeness (QED) is 0.364. The molecule has 1 aliphatic heterocycles. The van der Waals surface area contributed by atoms with Crippen molar-refractivity contribution in [2.75, 3.05) is 40.3 Å². The molecule has 1 aliphatic rings. The number of amides is 1. The van der Waals surface area contributed by atoms with Gasteiger partial charge in [0.1, 0.15) is 5.75 Å². The van der Waals surface area contributed by atoms with E-state index in [9.17, 15) is 4.79 Å². The molecule has 1 fully saturated rings. The Labute approximate surface area is 156 Å². The third-order valence-corrected chi connectivity index (χ3v) is 4.67. The summed E-state index contributed by atoms with van der Waals surface area (Å²) in [5.74, 6) is 1.47. The topological polar surface area (TPSA) is 92.0 Å². The molecule has 1 amide bonds. The minimum atomic E-state index is -0.171. The second-order valence-electron chi connectivity index (χ2n) is 6.60. The fraction of sp³-hybridized carbons (Fsp3) is 0.579. The van der Waals surface area contributed by atoms with E-state index in [1.165, 1.54) is 0 Å². The van der Waals surface area contributed by atoms with Crippen molar-refractivity contribution in [3.05, 3.63) is 29.8 Å². The molecule has 144 valence electrons. The molecule has 4 N–H and O–H groups in total. The van der Waals surface area contributed by atoms with Crippen molar-refractivity contribution in [3.63, 3.8) is 0 Å². The number of benzene rings is 1. The molecule has 0 spiro atoms. The number of primary amides is 1. The molecule has 7 heteroatoms. The molecule has 1 unspecified atom stereocenters. The minimum absolute atomic E-state index is 0.00834. The molecule has 1 atom stereocenters. The summed E-state index contributed by atoms with van der Waals surface area (Å²) in [6.45, 7) is 4.31. The van der Waals surface area contributed by atoms with Gasteiger partial charge in [-0.15, -0.1) is 0 Å². The zero-order chi connectivity index (χ0) is 18.8. The van der Waals surface area contributed by atoms with Crippen LogP contribution in [-0.2, 0) is 11.3 Å². The van der Waals surface area contributed by atoms with Gasteiger partial charge in [0.15, 0.2) is 5.96 Å². The summed E-state index contributed by atoms with van der Waals surface area (Å²) in [5.41, 5.74) is 6.57. The molecule has 0 aromatic heterocycles. The van der Waals surface area contributed by atoms with Crippen LogP contribution in [0.15, 0.2) is 29.3 Å². The molecule has 0 saturated carbocycles. The van der Waals surface area contributed by atoms with Crippen molar-refractivity contribution >= 4 is 11.9 Å². The number of rotatable bonds is 8. The lowest BCUT2D eigenvalue weighted by Crippen LogP contribution is -2.42. The van der Waals surface area contributed by atoms with Crippen LogP contribution < -0.4 is 21.1 Å². The van der Waals surface area contributed by atoms with E-state index in [1.54, 1.807) is 14.2 Å². The van der Waals surface area contributed by atoms with Crippen LogP contribution in [0, 0.1) is 5.92 Å². The number of aliphatic imine (C=N–C) groups is 1. The molecule has 0 radical (unpaired) electrons. The van der Waals surface area contributed by atoms with Gasteiger partial charge in [-0.1, -0.05) is 12.1 Å². The fourth-order valence-electron chi connectivity index (χ4n) is 3.19. The summed E-state index contributed by atoms with van der Waals surface area (Å²) in [4.78, 5) is 17.9. The molecule has 1 saturated heterocycles. The van der Waals surface area contributed by atoms with E-state index in [2.05, 4.69) is 20.5 Å². The molecular formula is C19H31N5O2. The second-order valence-corrected chi connectivity index (χ2v) is 6.60.